The van der Waals surface area contributed by atoms with Gasteiger partial charge in [-0.05, 0) is 0 Å². The average Bonchev–Trinajstić information content (AvgIpc) is 3.20. The monoisotopic (exact) mass is 954 g/mol. The van der Waals surface area contributed by atoms with Crippen LogP contribution in [-0.2, 0) is 28.6 Å². The Kier molecular flexibility index (Phi) is 45.0. The summed E-state index contributed by atoms with van der Waals surface area (Å²) >= 11 is -2.95. The number of ether oxygens (including phenoxy) is 3. The summed E-state index contributed by atoms with van der Waals surface area (Å²) in [5, 5.41) is 0. The molecule has 0 amide bonds. The maximum atomic E-state index is 12.5. The van der Waals surface area contributed by atoms with Gasteiger partial charge in [0.2, 0.25) is 0 Å². The van der Waals surface area contributed by atoms with Crippen molar-refractivity contribution in [2.75, 3.05) is 37.1 Å². The minimum atomic E-state index is -2.95. The van der Waals surface area contributed by atoms with Crippen molar-refractivity contribution in [3.05, 3.63) is 0 Å². The zero-order valence-corrected chi connectivity index (χ0v) is 42.6. The second-order valence-corrected chi connectivity index (χ2v) is 49.8. The van der Waals surface area contributed by atoms with Crippen LogP contribution in [0.5, 0.6) is 0 Å². The second kappa shape index (κ2) is 44.8. The maximum absolute atomic E-state index is 12.5. The molecule has 0 aliphatic carbocycles. The van der Waals surface area contributed by atoms with Gasteiger partial charge in [-0.1, -0.05) is 78.6 Å². The second-order valence-electron chi connectivity index (χ2n) is 15.7. The van der Waals surface area contributed by atoms with E-state index < -0.39 is 14.2 Å². The van der Waals surface area contributed by atoms with Gasteiger partial charge in [0.05, 0.1) is 0 Å². The zero-order chi connectivity index (χ0) is 41.1. The normalized spacial score (nSPS) is 11.6. The summed E-state index contributed by atoms with van der Waals surface area (Å²) in [5.74, 6) is 2.21. The molecule has 0 radical (unpaired) electrons. The Bertz CT molecular complexity index is 777. The first-order valence-electron chi connectivity index (χ1n) is 23.8. The fourth-order valence-electron chi connectivity index (χ4n) is 6.75. The van der Waals surface area contributed by atoms with Gasteiger partial charge < -0.3 is 0 Å². The number of esters is 3. The summed E-state index contributed by atoms with van der Waals surface area (Å²) in [7, 11) is 6.13. The van der Waals surface area contributed by atoms with Crippen molar-refractivity contribution >= 4 is 59.0 Å². The van der Waals surface area contributed by atoms with Crippen molar-refractivity contribution in [2.24, 2.45) is 0 Å². The van der Waals surface area contributed by atoms with Crippen LogP contribution in [0, 0.1) is 0 Å². The van der Waals surface area contributed by atoms with E-state index in [1.807, 2.05) is 26.8 Å². The average molecular weight is 954 g/mol. The van der Waals surface area contributed by atoms with Crippen molar-refractivity contribution in [2.45, 2.75) is 238 Å². The van der Waals surface area contributed by atoms with Crippen LogP contribution >= 0.6 is 26.8 Å². The van der Waals surface area contributed by atoms with E-state index in [0.717, 1.165) is 68.6 Å². The van der Waals surface area contributed by atoms with Crippen LogP contribution in [0.2, 0.25) is 4.44 Å². The molecule has 0 aliphatic heterocycles. The molecule has 0 unspecified atom stereocenters. The molecule has 332 valence electrons. The first-order valence-corrected chi connectivity index (χ1v) is 39.3. The van der Waals surface area contributed by atoms with Gasteiger partial charge in [-0.25, -0.2) is 0 Å². The van der Waals surface area contributed by atoms with Crippen LogP contribution in [0.25, 0.3) is 0 Å². The van der Waals surface area contributed by atoms with E-state index in [0.29, 0.717) is 39.1 Å². The Hall–Kier alpha value is 0.259. The minimum Gasteiger partial charge on any atom is -0.0654 e. The predicted molar refractivity (Wildman–Crippen MR) is 251 cm³/mol. The summed E-state index contributed by atoms with van der Waals surface area (Å²) in [6.07, 6.45) is 37.3. The summed E-state index contributed by atoms with van der Waals surface area (Å²) in [4.78, 5) is 37.6. The molecule has 0 aromatic carbocycles. The molecule has 0 heterocycles. The van der Waals surface area contributed by atoms with E-state index >= 15 is 0 Å². The summed E-state index contributed by atoms with van der Waals surface area (Å²) < 4.78 is 18.3. The van der Waals surface area contributed by atoms with Crippen LogP contribution in [0.4, 0.5) is 0 Å². The molecule has 0 saturated heterocycles. The Morgan fingerprint density at radius 2 is 0.571 bits per heavy atom. The van der Waals surface area contributed by atoms with E-state index in [4.69, 9.17) is 14.2 Å². The Balaban J connectivity index is 4.76. The predicted octanol–water partition coefficient (Wildman–Crippen LogP) is 15.3. The van der Waals surface area contributed by atoms with Gasteiger partial charge in [0.1, 0.15) is 0 Å². The first kappa shape index (κ1) is 56.3. The Morgan fingerprint density at radius 1 is 0.339 bits per heavy atom. The molecule has 0 bridgehead atoms. The quantitative estimate of drug-likeness (QED) is 0.0257. The third-order valence-corrected chi connectivity index (χ3v) is 50.4. The number of rotatable bonds is 45. The van der Waals surface area contributed by atoms with E-state index in [1.54, 1.807) is 0 Å². The zero-order valence-electron chi connectivity index (χ0n) is 37.3. The van der Waals surface area contributed by atoms with Crippen LogP contribution < -0.4 is 0 Å². The van der Waals surface area contributed by atoms with Gasteiger partial charge >= 0.3 is 284 Å². The van der Waals surface area contributed by atoms with Gasteiger partial charge in [-0.2, -0.15) is 0 Å². The summed E-state index contributed by atoms with van der Waals surface area (Å²) in [6.45, 7) is 10.4. The van der Waals surface area contributed by atoms with Gasteiger partial charge in [-0.15, -0.1) is 0 Å². The molecule has 0 saturated carbocycles. The molecular weight excluding hydrogens is 863 g/mol. The van der Waals surface area contributed by atoms with Crippen molar-refractivity contribution in [1.82, 2.24) is 0 Å². The van der Waals surface area contributed by atoms with E-state index in [1.165, 1.54) is 139 Å². The van der Waals surface area contributed by atoms with Gasteiger partial charge in [0.25, 0.3) is 0 Å². The van der Waals surface area contributed by atoms with Crippen LogP contribution in [0.1, 0.15) is 233 Å². The number of carbonyl (C=O) groups excluding carboxylic acids is 3. The molecule has 6 nitrogen and oxygen atoms in total. The Labute approximate surface area is 359 Å². The molecule has 0 spiro atoms. The molecule has 0 fully saturated rings. The molecule has 0 aromatic rings. The van der Waals surface area contributed by atoms with E-state index in [9.17, 15) is 14.4 Å². The van der Waals surface area contributed by atoms with E-state index in [2.05, 4.69) is 27.7 Å². The fourth-order valence-corrected chi connectivity index (χ4v) is 45.1. The van der Waals surface area contributed by atoms with Crippen molar-refractivity contribution in [3.63, 3.8) is 0 Å². The van der Waals surface area contributed by atoms with Crippen molar-refractivity contribution in [1.29, 1.82) is 0 Å². The van der Waals surface area contributed by atoms with Crippen LogP contribution in [-0.4, -0.2) is 69.2 Å². The molecular formula is C46H90O6S3Sn. The molecule has 0 aliphatic rings. The number of unbranched alkanes of at least 4 members (excludes halogenated alkanes) is 25. The van der Waals surface area contributed by atoms with Crippen molar-refractivity contribution < 1.29 is 28.6 Å². The summed E-state index contributed by atoms with van der Waals surface area (Å²) in [5.41, 5.74) is 0. The van der Waals surface area contributed by atoms with Gasteiger partial charge in [-0.3, -0.25) is 0 Å². The summed E-state index contributed by atoms with van der Waals surface area (Å²) in [6, 6.07) is 0. The SMILES string of the molecule is CCCCCCCCCCCC(=O)OCC[S][Sn]([CH2]CCC)([S]CCOC(=O)CCCCCCCCCCC)[S]CCOC(=O)CCCCCCCCCCC. The molecule has 0 atom stereocenters. The first-order chi connectivity index (χ1) is 27.4. The molecule has 10 heteroatoms. The number of hydrogen-bond donors (Lipinski definition) is 0. The fraction of sp³-hybridized carbons (Fsp3) is 0.935. The standard InChI is InChI=1S/3C14H28O2S.C4H9.Sn/c3*1-2-3-4-5-6-7-8-9-10-11-14(15)16-12-13-17;1-3-4-2;/h3*17H,2-13H2,1H3;1,3-4H2,2H3;/q;;;;+3/p-3. The third kappa shape index (κ3) is 39.7. The molecule has 0 N–H and O–H groups in total. The van der Waals surface area contributed by atoms with Crippen LogP contribution in [0.3, 0.4) is 0 Å². The van der Waals surface area contributed by atoms with Gasteiger partial charge in [0.15, 0.2) is 0 Å². The van der Waals surface area contributed by atoms with Crippen molar-refractivity contribution in [3.8, 4) is 0 Å². The molecule has 0 rings (SSSR count). The number of hydrogen-bond acceptors (Lipinski definition) is 9. The Morgan fingerprint density at radius 3 is 0.821 bits per heavy atom. The van der Waals surface area contributed by atoms with E-state index in [-0.39, 0.29) is 17.9 Å². The smallest absolute Gasteiger partial charge is 0.0654 e. The van der Waals surface area contributed by atoms with Crippen LogP contribution in [0.15, 0.2) is 0 Å². The van der Waals surface area contributed by atoms with Gasteiger partial charge in [0, 0.05) is 0 Å². The topological polar surface area (TPSA) is 78.9 Å². The third-order valence-electron chi connectivity index (χ3n) is 10.3. The molecule has 56 heavy (non-hydrogen) atoms. The molecule has 0 aromatic heterocycles. The minimum absolute atomic E-state index is 0.0685. The number of carbonyl (C=O) groups is 3.